The van der Waals surface area contributed by atoms with Gasteiger partial charge in [-0.1, -0.05) is 11.6 Å². The summed E-state index contributed by atoms with van der Waals surface area (Å²) < 4.78 is 10.9. The lowest BCUT2D eigenvalue weighted by atomic mass is 10.0. The summed E-state index contributed by atoms with van der Waals surface area (Å²) in [5.41, 5.74) is 4.24. The fraction of sp³-hybridized carbons (Fsp3) is 0.400. The van der Waals surface area contributed by atoms with E-state index in [0.717, 1.165) is 30.8 Å². The molecule has 1 aliphatic heterocycles. The summed E-state index contributed by atoms with van der Waals surface area (Å²) >= 11 is 6.31. The van der Waals surface area contributed by atoms with E-state index in [1.807, 2.05) is 19.1 Å². The smallest absolute Gasteiger partial charge is 0.179 e. The molecule has 3 rings (SSSR count). The van der Waals surface area contributed by atoms with Gasteiger partial charge in [-0.2, -0.15) is 5.10 Å². The van der Waals surface area contributed by atoms with Crippen molar-refractivity contribution in [1.29, 1.82) is 0 Å². The van der Waals surface area contributed by atoms with Gasteiger partial charge in [0.1, 0.15) is 0 Å². The van der Waals surface area contributed by atoms with Gasteiger partial charge in [0, 0.05) is 36.3 Å². The summed E-state index contributed by atoms with van der Waals surface area (Å²) in [6.07, 6.45) is 0.963. The predicted octanol–water partition coefficient (Wildman–Crippen LogP) is 2.78. The number of H-pyrrole nitrogens is 1. The topological polar surface area (TPSA) is 59.2 Å². The van der Waals surface area contributed by atoms with Gasteiger partial charge in [0.15, 0.2) is 11.5 Å². The van der Waals surface area contributed by atoms with E-state index in [0.29, 0.717) is 23.1 Å². The Morgan fingerprint density at radius 2 is 2.24 bits per heavy atom. The first kappa shape index (κ1) is 14.2. The van der Waals surface area contributed by atoms with Crippen molar-refractivity contribution in [2.24, 2.45) is 0 Å². The van der Waals surface area contributed by atoms with Crippen LogP contribution in [0.4, 0.5) is 0 Å². The van der Waals surface area contributed by atoms with Gasteiger partial charge in [0.05, 0.1) is 24.4 Å². The van der Waals surface area contributed by atoms with Crippen LogP contribution < -0.4 is 14.8 Å². The Morgan fingerprint density at radius 1 is 1.38 bits per heavy atom. The van der Waals surface area contributed by atoms with Gasteiger partial charge in [-0.3, -0.25) is 5.10 Å². The summed E-state index contributed by atoms with van der Waals surface area (Å²) in [5.74, 6) is 1.20. The molecule has 0 fully saturated rings. The quantitative estimate of drug-likeness (QED) is 0.912. The molecule has 0 unspecified atom stereocenters. The molecule has 0 radical (unpaired) electrons. The molecular formula is C15H18ClN3O2. The van der Waals surface area contributed by atoms with Gasteiger partial charge in [-0.05, 0) is 19.1 Å². The van der Waals surface area contributed by atoms with Crippen LogP contribution in [0.5, 0.6) is 11.5 Å². The number of nitrogens with one attached hydrogen (secondary N) is 2. The Kier molecular flexibility index (Phi) is 4.03. The zero-order valence-electron chi connectivity index (χ0n) is 12.1. The molecule has 0 spiro atoms. The van der Waals surface area contributed by atoms with Crippen LogP contribution in [0.25, 0.3) is 11.3 Å². The molecule has 1 aliphatic rings. The third-order valence-electron chi connectivity index (χ3n) is 3.59. The zero-order valence-corrected chi connectivity index (χ0v) is 12.9. The number of aromatic amines is 1. The molecule has 0 saturated heterocycles. The number of halogens is 1. The molecule has 0 aliphatic carbocycles. The molecule has 0 amide bonds. The lowest BCUT2D eigenvalue weighted by Gasteiger charge is -2.15. The molecule has 1 aromatic heterocycles. The van der Waals surface area contributed by atoms with Crippen LogP contribution in [-0.4, -0.2) is 30.5 Å². The molecule has 6 heteroatoms. The minimum Gasteiger partial charge on any atom is -0.491 e. The second-order valence-electron chi connectivity index (χ2n) is 4.88. The van der Waals surface area contributed by atoms with Gasteiger partial charge in [-0.25, -0.2) is 0 Å². The first-order valence-electron chi connectivity index (χ1n) is 7.02. The number of methoxy groups -OCH3 is 1. The lowest BCUT2D eigenvalue weighted by Crippen LogP contribution is -2.23. The SMILES string of the molecule is CCOc1cc(-c2n[nH]c3c2CNCC3)cc(Cl)c1OC. The number of nitrogens with zero attached hydrogens (tertiary/aromatic N) is 1. The van der Waals surface area contributed by atoms with Crippen molar-refractivity contribution in [1.82, 2.24) is 15.5 Å². The predicted molar refractivity (Wildman–Crippen MR) is 82.2 cm³/mol. The first-order valence-corrected chi connectivity index (χ1v) is 7.40. The standard InChI is InChI=1S/C15H18ClN3O2/c1-3-21-13-7-9(6-11(16)15(13)20-2)14-10-8-17-5-4-12(10)18-19-14/h6-7,17H,3-5,8H2,1-2H3,(H,18,19). The van der Waals surface area contributed by atoms with Crippen LogP contribution >= 0.6 is 11.6 Å². The summed E-state index contributed by atoms with van der Waals surface area (Å²) in [6.45, 7) is 4.27. The maximum Gasteiger partial charge on any atom is 0.179 e. The van der Waals surface area contributed by atoms with E-state index in [2.05, 4.69) is 15.5 Å². The van der Waals surface area contributed by atoms with Crippen LogP contribution in [-0.2, 0) is 13.0 Å². The van der Waals surface area contributed by atoms with E-state index in [9.17, 15) is 0 Å². The summed E-state index contributed by atoms with van der Waals surface area (Å²) in [5, 5.41) is 11.5. The summed E-state index contributed by atoms with van der Waals surface area (Å²) in [4.78, 5) is 0. The van der Waals surface area contributed by atoms with E-state index >= 15 is 0 Å². The molecule has 112 valence electrons. The Balaban J connectivity index is 2.08. The Morgan fingerprint density at radius 3 is 3.00 bits per heavy atom. The van der Waals surface area contributed by atoms with E-state index in [-0.39, 0.29) is 0 Å². The summed E-state index contributed by atoms with van der Waals surface area (Å²) in [6, 6.07) is 3.80. The van der Waals surface area contributed by atoms with Gasteiger partial charge in [0.25, 0.3) is 0 Å². The number of fused-ring (bicyclic) bond motifs is 1. The molecule has 1 aromatic carbocycles. The Labute approximate surface area is 128 Å². The number of hydrogen-bond acceptors (Lipinski definition) is 4. The van der Waals surface area contributed by atoms with E-state index in [1.54, 1.807) is 7.11 Å². The molecule has 0 atom stereocenters. The van der Waals surface area contributed by atoms with Gasteiger partial charge < -0.3 is 14.8 Å². The normalized spacial score (nSPS) is 13.9. The van der Waals surface area contributed by atoms with E-state index in [4.69, 9.17) is 21.1 Å². The fourth-order valence-corrected chi connectivity index (χ4v) is 2.92. The molecule has 2 N–H and O–H groups in total. The van der Waals surface area contributed by atoms with E-state index < -0.39 is 0 Å². The van der Waals surface area contributed by atoms with Crippen molar-refractivity contribution < 1.29 is 9.47 Å². The van der Waals surface area contributed by atoms with Gasteiger partial charge in [0.2, 0.25) is 0 Å². The van der Waals surface area contributed by atoms with Crippen LogP contribution in [0.3, 0.4) is 0 Å². The van der Waals surface area contributed by atoms with Crippen molar-refractivity contribution in [2.45, 2.75) is 19.9 Å². The average molecular weight is 308 g/mol. The van der Waals surface area contributed by atoms with Crippen molar-refractivity contribution in [3.8, 4) is 22.8 Å². The molecule has 2 aromatic rings. The van der Waals surface area contributed by atoms with Gasteiger partial charge >= 0.3 is 0 Å². The second kappa shape index (κ2) is 5.95. The van der Waals surface area contributed by atoms with Crippen LogP contribution in [0, 0.1) is 0 Å². The molecule has 0 saturated carbocycles. The molecule has 5 nitrogen and oxygen atoms in total. The monoisotopic (exact) mass is 307 g/mol. The number of benzene rings is 1. The minimum absolute atomic E-state index is 0.527. The number of hydrogen-bond donors (Lipinski definition) is 2. The Hall–Kier alpha value is -1.72. The van der Waals surface area contributed by atoms with Gasteiger partial charge in [-0.15, -0.1) is 0 Å². The maximum atomic E-state index is 6.31. The molecule has 0 bridgehead atoms. The molecular weight excluding hydrogens is 290 g/mol. The van der Waals surface area contributed by atoms with Crippen molar-refractivity contribution >= 4 is 11.6 Å². The highest BCUT2D eigenvalue weighted by Gasteiger charge is 2.20. The molecule has 2 heterocycles. The third kappa shape index (κ3) is 2.59. The lowest BCUT2D eigenvalue weighted by molar-refractivity contribution is 0.311. The van der Waals surface area contributed by atoms with Crippen LogP contribution in [0.2, 0.25) is 5.02 Å². The highest BCUT2D eigenvalue weighted by molar-refractivity contribution is 6.32. The first-order chi connectivity index (χ1) is 10.2. The second-order valence-corrected chi connectivity index (χ2v) is 5.29. The minimum atomic E-state index is 0.527. The highest BCUT2D eigenvalue weighted by Crippen LogP contribution is 2.40. The number of aromatic nitrogens is 2. The van der Waals surface area contributed by atoms with E-state index in [1.165, 1.54) is 11.3 Å². The number of rotatable bonds is 4. The average Bonchev–Trinajstić information content (AvgIpc) is 2.91. The Bertz CT molecular complexity index is 655. The summed E-state index contributed by atoms with van der Waals surface area (Å²) in [7, 11) is 1.59. The van der Waals surface area contributed by atoms with Crippen molar-refractivity contribution in [3.63, 3.8) is 0 Å². The zero-order chi connectivity index (χ0) is 14.8. The fourth-order valence-electron chi connectivity index (χ4n) is 2.63. The molecule has 21 heavy (non-hydrogen) atoms. The van der Waals surface area contributed by atoms with Crippen LogP contribution in [0.15, 0.2) is 12.1 Å². The highest BCUT2D eigenvalue weighted by atomic mass is 35.5. The van der Waals surface area contributed by atoms with Crippen LogP contribution in [0.1, 0.15) is 18.2 Å². The van der Waals surface area contributed by atoms with Crippen molar-refractivity contribution in [3.05, 3.63) is 28.4 Å². The van der Waals surface area contributed by atoms with Crippen molar-refractivity contribution in [2.75, 3.05) is 20.3 Å². The largest absolute Gasteiger partial charge is 0.491 e. The number of ether oxygens (including phenoxy) is 2. The third-order valence-corrected chi connectivity index (χ3v) is 3.87. The maximum absolute atomic E-state index is 6.31.